The van der Waals surface area contributed by atoms with Crippen LogP contribution in [0.3, 0.4) is 0 Å². The monoisotopic (exact) mass is 581 g/mol. The lowest BCUT2D eigenvalue weighted by atomic mass is 10.2. The number of nitrogens with one attached hydrogen (secondary N) is 1. The summed E-state index contributed by atoms with van der Waals surface area (Å²) in [6.07, 6.45) is 0. The Hall–Kier alpha value is -3.07. The fourth-order valence-electron chi connectivity index (χ4n) is 3.92. The lowest BCUT2D eigenvalue weighted by molar-refractivity contribution is -0.113. The topological polar surface area (TPSA) is 116 Å². The van der Waals surface area contributed by atoms with E-state index >= 15 is 0 Å². The largest absolute Gasteiger partial charge is 0.435 e. The number of halogens is 2. The molecule has 1 aliphatic heterocycles. The number of carbonyl (C=O) groups is 1. The molecule has 2 heterocycles. The molecule has 1 aromatic heterocycles. The van der Waals surface area contributed by atoms with Gasteiger partial charge in [-0.3, -0.25) is 4.79 Å². The van der Waals surface area contributed by atoms with Crippen LogP contribution in [0.1, 0.15) is 13.8 Å². The fourth-order valence-corrected chi connectivity index (χ4v) is 6.12. The Bertz CT molecular complexity index is 1380. The number of benzene rings is 2. The highest BCUT2D eigenvalue weighted by molar-refractivity contribution is 7.99. The normalized spacial score (nSPS) is 14.6. The highest BCUT2D eigenvalue weighted by Crippen LogP contribution is 2.28. The average Bonchev–Trinajstić information content (AvgIpc) is 3.30. The number of alkyl halides is 2. The number of thioether (sulfide) groups is 1. The summed E-state index contributed by atoms with van der Waals surface area (Å²) < 4.78 is 63.9. The SMILES string of the molecule is CC(C)Cn1c(SCC(=O)Nc2ccc(OC(F)F)cc2)nnc1-c1cccc(S(=O)(=O)N2CCOCC2)c1. The zero-order valence-electron chi connectivity index (χ0n) is 21.4. The number of amides is 1. The molecule has 10 nitrogen and oxygen atoms in total. The molecule has 0 atom stereocenters. The van der Waals surface area contributed by atoms with Crippen LogP contribution in [-0.4, -0.2) is 72.1 Å². The minimum Gasteiger partial charge on any atom is -0.435 e. The number of anilines is 1. The van der Waals surface area contributed by atoms with Crippen LogP contribution >= 0.6 is 11.8 Å². The highest BCUT2D eigenvalue weighted by atomic mass is 32.2. The van der Waals surface area contributed by atoms with Crippen molar-refractivity contribution in [3.05, 3.63) is 48.5 Å². The molecule has 2 aromatic carbocycles. The minimum absolute atomic E-state index is 0.00601. The lowest BCUT2D eigenvalue weighted by Crippen LogP contribution is -2.40. The van der Waals surface area contributed by atoms with Crippen LogP contribution in [-0.2, 0) is 26.1 Å². The van der Waals surface area contributed by atoms with Crippen molar-refractivity contribution in [1.29, 1.82) is 0 Å². The molecule has 1 N–H and O–H groups in total. The predicted octanol–water partition coefficient (Wildman–Crippen LogP) is 3.95. The number of nitrogens with zero attached hydrogens (tertiary/aromatic N) is 4. The van der Waals surface area contributed by atoms with E-state index in [9.17, 15) is 22.0 Å². The second kappa shape index (κ2) is 12.9. The standard InChI is InChI=1S/C25H29F2N5O5S2/c1-17(2)15-32-23(18-4-3-5-21(14-18)39(34,35)31-10-12-36-13-11-31)29-30-25(32)38-16-22(33)28-19-6-8-20(9-7-19)37-24(26)27/h3-9,14,17,24H,10-13,15-16H2,1-2H3,(H,28,33). The summed E-state index contributed by atoms with van der Waals surface area (Å²) in [5.41, 5.74) is 1.03. The minimum atomic E-state index is -3.69. The Kier molecular flexibility index (Phi) is 9.53. The molecule has 1 aliphatic rings. The summed E-state index contributed by atoms with van der Waals surface area (Å²) >= 11 is 1.19. The Morgan fingerprint density at radius 2 is 1.85 bits per heavy atom. The van der Waals surface area contributed by atoms with Gasteiger partial charge in [0.05, 0.1) is 23.9 Å². The molecule has 3 aromatic rings. The van der Waals surface area contributed by atoms with E-state index in [1.165, 1.54) is 40.3 Å². The van der Waals surface area contributed by atoms with Gasteiger partial charge < -0.3 is 19.4 Å². The van der Waals surface area contributed by atoms with E-state index in [0.29, 0.717) is 55.1 Å². The van der Waals surface area contributed by atoms with Crippen LogP contribution in [0.25, 0.3) is 11.4 Å². The van der Waals surface area contributed by atoms with Crippen molar-refractivity contribution >= 4 is 33.4 Å². The van der Waals surface area contributed by atoms with Crippen LogP contribution in [0.5, 0.6) is 5.75 Å². The number of aromatic nitrogens is 3. The van der Waals surface area contributed by atoms with Gasteiger partial charge in [0.2, 0.25) is 15.9 Å². The van der Waals surface area contributed by atoms with Crippen LogP contribution in [0.2, 0.25) is 0 Å². The molecule has 0 aliphatic carbocycles. The van der Waals surface area contributed by atoms with E-state index < -0.39 is 16.6 Å². The van der Waals surface area contributed by atoms with Gasteiger partial charge >= 0.3 is 6.61 Å². The highest BCUT2D eigenvalue weighted by Gasteiger charge is 2.27. The molecule has 0 radical (unpaired) electrons. The molecule has 0 spiro atoms. The Morgan fingerprint density at radius 3 is 2.51 bits per heavy atom. The van der Waals surface area contributed by atoms with Gasteiger partial charge in [-0.05, 0) is 42.3 Å². The van der Waals surface area contributed by atoms with E-state index in [-0.39, 0.29) is 28.2 Å². The summed E-state index contributed by atoms with van der Waals surface area (Å²) in [5, 5.41) is 11.8. The van der Waals surface area contributed by atoms with Gasteiger partial charge in [0.25, 0.3) is 0 Å². The first-order chi connectivity index (χ1) is 18.6. The van der Waals surface area contributed by atoms with E-state index in [0.717, 1.165) is 0 Å². The summed E-state index contributed by atoms with van der Waals surface area (Å²) in [5.74, 6) is 0.425. The summed E-state index contributed by atoms with van der Waals surface area (Å²) in [6.45, 7) is 3.00. The van der Waals surface area contributed by atoms with Gasteiger partial charge in [-0.1, -0.05) is 37.7 Å². The third-order valence-corrected chi connectivity index (χ3v) is 8.52. The molecule has 1 fully saturated rings. The van der Waals surface area contributed by atoms with E-state index in [4.69, 9.17) is 4.74 Å². The average molecular weight is 582 g/mol. The summed E-state index contributed by atoms with van der Waals surface area (Å²) in [7, 11) is -3.69. The second-order valence-electron chi connectivity index (χ2n) is 9.09. The molecular weight excluding hydrogens is 552 g/mol. The maximum Gasteiger partial charge on any atom is 0.387 e. The quantitative estimate of drug-likeness (QED) is 0.339. The van der Waals surface area contributed by atoms with Gasteiger partial charge in [0.15, 0.2) is 11.0 Å². The first-order valence-corrected chi connectivity index (χ1v) is 14.6. The molecule has 4 rings (SSSR count). The molecule has 210 valence electrons. The van der Waals surface area contributed by atoms with E-state index in [1.807, 2.05) is 18.4 Å². The number of hydrogen-bond acceptors (Lipinski definition) is 8. The fraction of sp³-hybridized carbons (Fsp3) is 0.400. The molecular formula is C25H29F2N5O5S2. The molecule has 39 heavy (non-hydrogen) atoms. The van der Waals surface area contributed by atoms with Crippen LogP contribution in [0.15, 0.2) is 58.6 Å². The van der Waals surface area contributed by atoms with Gasteiger partial charge in [-0.25, -0.2) is 8.42 Å². The molecule has 14 heteroatoms. The van der Waals surface area contributed by atoms with Crippen molar-refractivity contribution in [3.63, 3.8) is 0 Å². The molecule has 1 saturated heterocycles. The van der Waals surface area contributed by atoms with Gasteiger partial charge in [-0.2, -0.15) is 13.1 Å². The Morgan fingerprint density at radius 1 is 1.13 bits per heavy atom. The van der Waals surface area contributed by atoms with Gasteiger partial charge in [0, 0.05) is 30.9 Å². The second-order valence-corrected chi connectivity index (χ2v) is 12.0. The van der Waals surface area contributed by atoms with Crippen molar-refractivity contribution in [2.45, 2.75) is 37.1 Å². The molecule has 0 bridgehead atoms. The maximum absolute atomic E-state index is 13.2. The number of sulfonamides is 1. The van der Waals surface area contributed by atoms with E-state index in [2.05, 4.69) is 20.3 Å². The van der Waals surface area contributed by atoms with Crippen molar-refractivity contribution < 1.29 is 31.5 Å². The summed E-state index contributed by atoms with van der Waals surface area (Å²) in [6, 6.07) is 12.2. The van der Waals surface area contributed by atoms with Crippen LogP contribution in [0.4, 0.5) is 14.5 Å². The number of rotatable bonds is 11. The molecule has 0 saturated carbocycles. The first-order valence-electron chi connectivity index (χ1n) is 12.2. The van der Waals surface area contributed by atoms with Crippen molar-refractivity contribution in [3.8, 4) is 17.1 Å². The Labute approximate surface area is 229 Å². The first kappa shape index (κ1) is 28.9. The lowest BCUT2D eigenvalue weighted by Gasteiger charge is -2.26. The third-order valence-electron chi connectivity index (χ3n) is 5.66. The zero-order valence-corrected chi connectivity index (χ0v) is 23.1. The zero-order chi connectivity index (χ0) is 28.0. The van der Waals surface area contributed by atoms with Gasteiger partial charge in [-0.15, -0.1) is 10.2 Å². The number of carbonyl (C=O) groups excluding carboxylic acids is 1. The third kappa shape index (κ3) is 7.53. The van der Waals surface area contributed by atoms with Gasteiger partial charge in [0.1, 0.15) is 5.75 Å². The van der Waals surface area contributed by atoms with Crippen molar-refractivity contribution in [2.75, 3.05) is 37.4 Å². The smallest absolute Gasteiger partial charge is 0.387 e. The van der Waals surface area contributed by atoms with Crippen molar-refractivity contribution in [2.24, 2.45) is 5.92 Å². The Balaban J connectivity index is 1.49. The summed E-state index contributed by atoms with van der Waals surface area (Å²) in [4.78, 5) is 12.7. The molecule has 0 unspecified atom stereocenters. The van der Waals surface area contributed by atoms with Crippen LogP contribution < -0.4 is 10.1 Å². The van der Waals surface area contributed by atoms with Crippen molar-refractivity contribution in [1.82, 2.24) is 19.1 Å². The molecule has 1 amide bonds. The number of hydrogen-bond donors (Lipinski definition) is 1. The van der Waals surface area contributed by atoms with Crippen LogP contribution in [0, 0.1) is 5.92 Å². The number of morpholine rings is 1. The number of ether oxygens (including phenoxy) is 2. The maximum atomic E-state index is 13.2. The van der Waals surface area contributed by atoms with E-state index in [1.54, 1.807) is 24.3 Å². The predicted molar refractivity (Wildman–Crippen MR) is 142 cm³/mol.